The number of carbonyl (C=O) groups excluding carboxylic acids is 2. The summed E-state index contributed by atoms with van der Waals surface area (Å²) in [6.45, 7) is 5.69. The summed E-state index contributed by atoms with van der Waals surface area (Å²) in [4.78, 5) is 25.3. The van der Waals surface area contributed by atoms with E-state index in [-0.39, 0.29) is 12.3 Å². The monoisotopic (exact) mass is 337 g/mol. The third-order valence-electron chi connectivity index (χ3n) is 4.08. The van der Waals surface area contributed by atoms with Gasteiger partial charge in [0.25, 0.3) is 5.91 Å². The minimum absolute atomic E-state index is 0.270. The van der Waals surface area contributed by atoms with Crippen LogP contribution in [0.1, 0.15) is 27.9 Å². The molecule has 0 aliphatic heterocycles. The van der Waals surface area contributed by atoms with E-state index in [1.54, 1.807) is 18.2 Å². The number of nitrogens with one attached hydrogen (secondary N) is 1. The zero-order chi connectivity index (χ0) is 18.3. The number of ether oxygens (including phenoxy) is 1. The lowest BCUT2D eigenvalue weighted by molar-refractivity contribution is -0.148. The summed E-state index contributed by atoms with van der Waals surface area (Å²) in [6, 6.07) is 16.7. The van der Waals surface area contributed by atoms with E-state index in [4.69, 9.17) is 4.74 Å². The smallest absolute Gasteiger partial charge is 0.332 e. The number of rotatable bonds is 7. The Kier molecular flexibility index (Phi) is 6.12. The average molecular weight is 337 g/mol. The number of amides is 1. The Morgan fingerprint density at radius 1 is 1.12 bits per heavy atom. The summed E-state index contributed by atoms with van der Waals surface area (Å²) in [5, 5.41) is 2.88. The van der Waals surface area contributed by atoms with Gasteiger partial charge in [0.05, 0.1) is 7.11 Å². The number of methoxy groups -OCH3 is 1. The second-order valence-electron chi connectivity index (χ2n) is 6.05. The molecule has 0 bridgehead atoms. The Balaban J connectivity index is 2.35. The molecular weight excluding hydrogens is 314 g/mol. The highest BCUT2D eigenvalue weighted by Gasteiger charge is 2.40. The first-order valence-electron chi connectivity index (χ1n) is 8.13. The highest BCUT2D eigenvalue weighted by atomic mass is 16.5. The van der Waals surface area contributed by atoms with Crippen LogP contribution in [0, 0.1) is 6.92 Å². The molecule has 2 aromatic carbocycles. The Morgan fingerprint density at radius 3 is 2.32 bits per heavy atom. The topological polar surface area (TPSA) is 55.4 Å². The summed E-state index contributed by atoms with van der Waals surface area (Å²) in [5.41, 5.74) is 1.29. The van der Waals surface area contributed by atoms with Crippen LogP contribution < -0.4 is 5.32 Å². The van der Waals surface area contributed by atoms with Gasteiger partial charge >= 0.3 is 5.97 Å². The lowest BCUT2D eigenvalue weighted by Gasteiger charge is -2.31. The molecule has 0 aromatic heterocycles. The molecule has 2 rings (SSSR count). The van der Waals surface area contributed by atoms with Gasteiger partial charge < -0.3 is 10.1 Å². The van der Waals surface area contributed by atoms with E-state index in [1.807, 2.05) is 49.4 Å². The van der Waals surface area contributed by atoms with E-state index in [2.05, 4.69) is 11.9 Å². The number of aryl methyl sites for hydroxylation is 1. The number of carbonyl (C=O) groups is 2. The van der Waals surface area contributed by atoms with Gasteiger partial charge in [-0.2, -0.15) is 0 Å². The Labute approximate surface area is 148 Å². The molecule has 0 aliphatic rings. The van der Waals surface area contributed by atoms with E-state index in [0.717, 1.165) is 11.1 Å². The number of hydrogen-bond donors (Lipinski definition) is 1. The predicted octanol–water partition coefficient (Wildman–Crippen LogP) is 3.46. The SMILES string of the molecule is C=CCC(Cc1ccccc1)(NC(=O)c1ccc(C)cc1)C(=O)OC. The van der Waals surface area contributed by atoms with Crippen LogP contribution in [0.4, 0.5) is 0 Å². The van der Waals surface area contributed by atoms with Crippen molar-refractivity contribution in [1.29, 1.82) is 0 Å². The lowest BCUT2D eigenvalue weighted by atomic mass is 9.87. The molecular formula is C21H23NO3. The molecule has 1 N–H and O–H groups in total. The van der Waals surface area contributed by atoms with Crippen LogP contribution in [0.15, 0.2) is 67.3 Å². The minimum Gasteiger partial charge on any atom is -0.467 e. The molecule has 0 saturated heterocycles. The Hall–Kier alpha value is -2.88. The second-order valence-corrected chi connectivity index (χ2v) is 6.05. The molecule has 1 atom stereocenters. The van der Waals surface area contributed by atoms with Crippen molar-refractivity contribution in [1.82, 2.24) is 5.32 Å². The fraction of sp³-hybridized carbons (Fsp3) is 0.238. The normalized spacial score (nSPS) is 12.7. The largest absolute Gasteiger partial charge is 0.467 e. The molecule has 0 saturated carbocycles. The molecule has 0 spiro atoms. The molecule has 1 amide bonds. The van der Waals surface area contributed by atoms with Crippen LogP contribution in [0.25, 0.3) is 0 Å². The van der Waals surface area contributed by atoms with E-state index in [1.165, 1.54) is 7.11 Å². The first kappa shape index (κ1) is 18.5. The van der Waals surface area contributed by atoms with Gasteiger partial charge in [-0.05, 0) is 31.0 Å². The molecule has 130 valence electrons. The maximum Gasteiger partial charge on any atom is 0.332 e. The molecule has 0 radical (unpaired) electrons. The third-order valence-corrected chi connectivity index (χ3v) is 4.08. The van der Waals surface area contributed by atoms with Crippen LogP contribution in [-0.2, 0) is 16.0 Å². The predicted molar refractivity (Wildman–Crippen MR) is 98.4 cm³/mol. The van der Waals surface area contributed by atoms with Gasteiger partial charge in [-0.3, -0.25) is 4.79 Å². The number of esters is 1. The molecule has 0 aliphatic carbocycles. The van der Waals surface area contributed by atoms with Crippen molar-refractivity contribution < 1.29 is 14.3 Å². The summed E-state index contributed by atoms with van der Waals surface area (Å²) in [5.74, 6) is -0.806. The lowest BCUT2D eigenvalue weighted by Crippen LogP contribution is -2.56. The van der Waals surface area contributed by atoms with Crippen LogP contribution in [-0.4, -0.2) is 24.5 Å². The molecule has 25 heavy (non-hydrogen) atoms. The first-order valence-corrected chi connectivity index (χ1v) is 8.13. The van der Waals surface area contributed by atoms with E-state index in [9.17, 15) is 9.59 Å². The molecule has 1 unspecified atom stereocenters. The van der Waals surface area contributed by atoms with Gasteiger partial charge in [-0.25, -0.2) is 4.79 Å². The van der Waals surface area contributed by atoms with Gasteiger partial charge in [-0.1, -0.05) is 54.1 Å². The maximum absolute atomic E-state index is 12.7. The quantitative estimate of drug-likeness (QED) is 0.622. The van der Waals surface area contributed by atoms with Crippen LogP contribution in [0.2, 0.25) is 0 Å². The minimum atomic E-state index is -1.19. The summed E-state index contributed by atoms with van der Waals surface area (Å²) in [7, 11) is 1.32. The van der Waals surface area contributed by atoms with Crippen molar-refractivity contribution in [2.45, 2.75) is 25.3 Å². The molecule has 0 fully saturated rings. The standard InChI is InChI=1S/C21H23NO3/c1-4-14-21(20(24)25-3,15-17-8-6-5-7-9-17)22-19(23)18-12-10-16(2)11-13-18/h4-13H,1,14-15H2,2-3H3,(H,22,23). The fourth-order valence-corrected chi connectivity index (χ4v) is 2.75. The van der Waals surface area contributed by atoms with Gasteiger partial charge in [0.2, 0.25) is 0 Å². The summed E-state index contributed by atoms with van der Waals surface area (Å²) >= 11 is 0. The number of hydrogen-bond acceptors (Lipinski definition) is 3. The van der Waals surface area contributed by atoms with Crippen molar-refractivity contribution in [3.63, 3.8) is 0 Å². The van der Waals surface area contributed by atoms with Gasteiger partial charge in [0.15, 0.2) is 0 Å². The fourth-order valence-electron chi connectivity index (χ4n) is 2.75. The second kappa shape index (κ2) is 8.29. The van der Waals surface area contributed by atoms with Crippen molar-refractivity contribution in [2.75, 3.05) is 7.11 Å². The first-order chi connectivity index (χ1) is 12.0. The summed E-state index contributed by atoms with van der Waals surface area (Å²) in [6.07, 6.45) is 2.21. The van der Waals surface area contributed by atoms with Crippen molar-refractivity contribution >= 4 is 11.9 Å². The zero-order valence-electron chi connectivity index (χ0n) is 14.6. The third kappa shape index (κ3) is 4.57. The van der Waals surface area contributed by atoms with E-state index in [0.29, 0.717) is 12.0 Å². The highest BCUT2D eigenvalue weighted by molar-refractivity contribution is 5.98. The van der Waals surface area contributed by atoms with E-state index < -0.39 is 11.5 Å². The number of benzene rings is 2. The van der Waals surface area contributed by atoms with Crippen molar-refractivity contribution in [2.24, 2.45) is 0 Å². The van der Waals surface area contributed by atoms with E-state index >= 15 is 0 Å². The van der Waals surface area contributed by atoms with Crippen molar-refractivity contribution in [3.05, 3.63) is 83.9 Å². The van der Waals surface area contributed by atoms with Crippen LogP contribution in [0.3, 0.4) is 0 Å². The molecule has 4 heteroatoms. The van der Waals surface area contributed by atoms with Gasteiger partial charge in [0, 0.05) is 12.0 Å². The molecule has 2 aromatic rings. The van der Waals surface area contributed by atoms with Gasteiger partial charge in [-0.15, -0.1) is 6.58 Å². The molecule has 4 nitrogen and oxygen atoms in total. The Morgan fingerprint density at radius 2 is 1.76 bits per heavy atom. The molecule has 0 heterocycles. The highest BCUT2D eigenvalue weighted by Crippen LogP contribution is 2.21. The zero-order valence-corrected chi connectivity index (χ0v) is 14.6. The Bertz CT molecular complexity index is 737. The average Bonchev–Trinajstić information content (AvgIpc) is 2.62. The summed E-state index contributed by atoms with van der Waals surface area (Å²) < 4.78 is 4.99. The van der Waals surface area contributed by atoms with Gasteiger partial charge in [0.1, 0.15) is 5.54 Å². The maximum atomic E-state index is 12.7. The van der Waals surface area contributed by atoms with Crippen LogP contribution in [0.5, 0.6) is 0 Å². The van der Waals surface area contributed by atoms with Crippen molar-refractivity contribution in [3.8, 4) is 0 Å². The van der Waals surface area contributed by atoms with Crippen LogP contribution >= 0.6 is 0 Å².